The monoisotopic (exact) mass is 498 g/mol. The summed E-state index contributed by atoms with van der Waals surface area (Å²) in [4.78, 5) is 16.2. The molecule has 0 spiro atoms. The van der Waals surface area contributed by atoms with Gasteiger partial charge < -0.3 is 25.4 Å². The van der Waals surface area contributed by atoms with Crippen LogP contribution in [0.25, 0.3) is 0 Å². The van der Waals surface area contributed by atoms with E-state index in [9.17, 15) is 4.79 Å². The van der Waals surface area contributed by atoms with Crippen molar-refractivity contribution in [3.05, 3.63) is 0 Å². The summed E-state index contributed by atoms with van der Waals surface area (Å²) in [5, 5.41) is 9.61. The maximum absolute atomic E-state index is 11.9. The summed E-state index contributed by atoms with van der Waals surface area (Å²) < 4.78 is 11.0. The van der Waals surface area contributed by atoms with Gasteiger partial charge in [0.2, 0.25) is 0 Å². The van der Waals surface area contributed by atoms with Crippen LogP contribution in [0, 0.1) is 0 Å². The minimum Gasteiger partial charge on any atom is -0.444 e. The first kappa shape index (κ1) is 26.2. The van der Waals surface area contributed by atoms with Crippen molar-refractivity contribution in [3.63, 3.8) is 0 Å². The van der Waals surface area contributed by atoms with Gasteiger partial charge in [-0.3, -0.25) is 4.99 Å². The molecule has 3 N–H and O–H groups in total. The van der Waals surface area contributed by atoms with Crippen molar-refractivity contribution in [1.29, 1.82) is 0 Å². The van der Waals surface area contributed by atoms with E-state index in [-0.39, 0.29) is 36.1 Å². The van der Waals surface area contributed by atoms with Crippen LogP contribution in [0.4, 0.5) is 4.79 Å². The van der Waals surface area contributed by atoms with Crippen molar-refractivity contribution in [1.82, 2.24) is 16.0 Å². The molecule has 0 radical (unpaired) electrons. The number of carbonyl (C=O) groups excluding carboxylic acids is 1. The number of guanidine groups is 1. The molecule has 1 rings (SSSR count). The highest BCUT2D eigenvalue weighted by atomic mass is 127. The molecule has 0 aliphatic carbocycles. The molecule has 0 aromatic heterocycles. The van der Waals surface area contributed by atoms with E-state index < -0.39 is 5.60 Å². The van der Waals surface area contributed by atoms with Crippen molar-refractivity contribution in [3.8, 4) is 0 Å². The van der Waals surface area contributed by atoms with Gasteiger partial charge in [0.15, 0.2) is 5.96 Å². The molecule has 1 amide bonds. The Bertz CT molecular complexity index is 435. The van der Waals surface area contributed by atoms with Gasteiger partial charge in [-0.25, -0.2) is 4.79 Å². The highest BCUT2D eigenvalue weighted by molar-refractivity contribution is 14.0. The average Bonchev–Trinajstić information content (AvgIpc) is 3.07. The van der Waals surface area contributed by atoms with E-state index in [1.165, 1.54) is 0 Å². The maximum Gasteiger partial charge on any atom is 0.407 e. The second-order valence-electron chi connectivity index (χ2n) is 7.79. The van der Waals surface area contributed by atoms with Crippen LogP contribution in [-0.2, 0) is 9.47 Å². The Kier molecular flexibility index (Phi) is 13.9. The van der Waals surface area contributed by atoms with Gasteiger partial charge in [0.1, 0.15) is 5.60 Å². The van der Waals surface area contributed by atoms with Crippen LogP contribution < -0.4 is 16.0 Å². The molecule has 2 atom stereocenters. The zero-order valence-corrected chi connectivity index (χ0v) is 19.9. The van der Waals surface area contributed by atoms with E-state index in [1.807, 2.05) is 20.8 Å². The minimum absolute atomic E-state index is 0. The fraction of sp³-hybridized carbons (Fsp3) is 0.895. The van der Waals surface area contributed by atoms with Crippen molar-refractivity contribution in [2.24, 2.45) is 4.99 Å². The van der Waals surface area contributed by atoms with E-state index in [4.69, 9.17) is 9.47 Å². The zero-order valence-electron chi connectivity index (χ0n) is 17.6. The fourth-order valence-electron chi connectivity index (χ4n) is 2.81. The number of alkyl carbamates (subject to hydrolysis) is 1. The largest absolute Gasteiger partial charge is 0.444 e. The topological polar surface area (TPSA) is 84.0 Å². The smallest absolute Gasteiger partial charge is 0.407 e. The van der Waals surface area contributed by atoms with Crippen LogP contribution >= 0.6 is 24.0 Å². The van der Waals surface area contributed by atoms with Gasteiger partial charge >= 0.3 is 6.09 Å². The van der Waals surface area contributed by atoms with Crippen LogP contribution in [0.1, 0.15) is 66.2 Å². The molecule has 2 unspecified atom stereocenters. The maximum atomic E-state index is 11.9. The SMILES string of the molecule is CCCCC(CNC(=O)OC(C)(C)C)NC(=NC)NCCC1CCCO1.I. The molecular weight excluding hydrogens is 459 g/mol. The van der Waals surface area contributed by atoms with Crippen LogP contribution in [0.5, 0.6) is 0 Å². The van der Waals surface area contributed by atoms with Gasteiger partial charge in [-0.15, -0.1) is 24.0 Å². The number of ether oxygens (including phenoxy) is 2. The van der Waals surface area contributed by atoms with E-state index >= 15 is 0 Å². The van der Waals surface area contributed by atoms with E-state index in [0.29, 0.717) is 12.6 Å². The Morgan fingerprint density at radius 2 is 2.07 bits per heavy atom. The molecule has 7 nitrogen and oxygen atoms in total. The Balaban J connectivity index is 0.00000676. The Hall–Kier alpha value is -0.770. The van der Waals surface area contributed by atoms with Gasteiger partial charge in [-0.2, -0.15) is 0 Å². The first-order chi connectivity index (χ1) is 12.3. The number of amides is 1. The van der Waals surface area contributed by atoms with E-state index in [0.717, 1.165) is 57.6 Å². The molecular formula is C19H39IN4O3. The summed E-state index contributed by atoms with van der Waals surface area (Å²) in [6.07, 6.45) is 6.41. The number of unbranched alkanes of at least 4 members (excludes halogenated alkanes) is 1. The number of halogens is 1. The molecule has 8 heteroatoms. The molecule has 1 fully saturated rings. The van der Waals surface area contributed by atoms with Crippen molar-refractivity contribution < 1.29 is 14.3 Å². The Morgan fingerprint density at radius 3 is 2.63 bits per heavy atom. The molecule has 0 saturated carbocycles. The third-order valence-corrected chi connectivity index (χ3v) is 4.15. The zero-order chi connectivity index (χ0) is 19.4. The van der Waals surface area contributed by atoms with Gasteiger partial charge in [0.25, 0.3) is 0 Å². The van der Waals surface area contributed by atoms with Gasteiger partial charge in [-0.1, -0.05) is 19.8 Å². The van der Waals surface area contributed by atoms with Crippen LogP contribution in [0.3, 0.4) is 0 Å². The highest BCUT2D eigenvalue weighted by Gasteiger charge is 2.18. The predicted octanol–water partition coefficient (Wildman–Crippen LogP) is 3.42. The summed E-state index contributed by atoms with van der Waals surface area (Å²) in [7, 11) is 1.76. The number of carbonyl (C=O) groups is 1. The third kappa shape index (κ3) is 13.1. The number of hydrogen-bond donors (Lipinski definition) is 3. The first-order valence-corrected chi connectivity index (χ1v) is 9.89. The Labute approximate surface area is 181 Å². The molecule has 0 aromatic rings. The Morgan fingerprint density at radius 1 is 1.33 bits per heavy atom. The van der Waals surface area contributed by atoms with Crippen LogP contribution in [-0.4, -0.2) is 56.5 Å². The molecule has 0 aromatic carbocycles. The number of rotatable bonds is 9. The second-order valence-corrected chi connectivity index (χ2v) is 7.79. The lowest BCUT2D eigenvalue weighted by molar-refractivity contribution is 0.0522. The summed E-state index contributed by atoms with van der Waals surface area (Å²) in [5.74, 6) is 0.759. The quantitative estimate of drug-likeness (QED) is 0.258. The standard InChI is InChI=1S/C19H38N4O3.HI/c1-6-7-9-15(14-22-18(24)26-19(2,3)4)23-17(20-5)21-12-11-16-10-8-13-25-16;/h15-16H,6-14H2,1-5H3,(H,22,24)(H2,20,21,23);1H. The summed E-state index contributed by atoms with van der Waals surface area (Å²) >= 11 is 0. The van der Waals surface area contributed by atoms with E-state index in [2.05, 4.69) is 27.9 Å². The number of hydrogen-bond acceptors (Lipinski definition) is 4. The molecule has 1 heterocycles. The van der Waals surface area contributed by atoms with Crippen molar-refractivity contribution >= 4 is 36.0 Å². The third-order valence-electron chi connectivity index (χ3n) is 4.15. The van der Waals surface area contributed by atoms with Crippen LogP contribution in [0.15, 0.2) is 4.99 Å². The van der Waals surface area contributed by atoms with Crippen LogP contribution in [0.2, 0.25) is 0 Å². The number of nitrogens with zero attached hydrogens (tertiary/aromatic N) is 1. The lowest BCUT2D eigenvalue weighted by Crippen LogP contribution is -2.49. The average molecular weight is 498 g/mol. The molecule has 1 saturated heterocycles. The van der Waals surface area contributed by atoms with E-state index in [1.54, 1.807) is 7.05 Å². The summed E-state index contributed by atoms with van der Waals surface area (Å²) in [6, 6.07) is 0.108. The lowest BCUT2D eigenvalue weighted by atomic mass is 10.1. The summed E-state index contributed by atoms with van der Waals surface area (Å²) in [5.41, 5.74) is -0.490. The first-order valence-electron chi connectivity index (χ1n) is 9.89. The fourth-order valence-corrected chi connectivity index (χ4v) is 2.81. The molecule has 0 bridgehead atoms. The number of nitrogens with one attached hydrogen (secondary N) is 3. The molecule has 1 aliphatic heterocycles. The van der Waals surface area contributed by atoms with Gasteiger partial charge in [0, 0.05) is 32.8 Å². The highest BCUT2D eigenvalue weighted by Crippen LogP contribution is 2.14. The van der Waals surface area contributed by atoms with Gasteiger partial charge in [0.05, 0.1) is 6.10 Å². The van der Waals surface area contributed by atoms with Crippen molar-refractivity contribution in [2.75, 3.05) is 26.7 Å². The molecule has 1 aliphatic rings. The predicted molar refractivity (Wildman–Crippen MR) is 121 cm³/mol. The molecule has 160 valence electrons. The second kappa shape index (κ2) is 14.3. The van der Waals surface area contributed by atoms with Crippen molar-refractivity contribution in [2.45, 2.75) is 84.0 Å². The summed E-state index contributed by atoms with van der Waals surface area (Å²) in [6.45, 7) is 9.95. The molecule has 27 heavy (non-hydrogen) atoms. The number of aliphatic imine (C=N–C) groups is 1. The minimum atomic E-state index is -0.490. The lowest BCUT2D eigenvalue weighted by Gasteiger charge is -2.24. The van der Waals surface area contributed by atoms with Gasteiger partial charge in [-0.05, 0) is 46.5 Å². The normalized spacial score (nSPS) is 18.4.